The first-order valence-electron chi connectivity index (χ1n) is 9.31. The van der Waals surface area contributed by atoms with Crippen LogP contribution >= 0.6 is 0 Å². The zero-order chi connectivity index (χ0) is 19.2. The third kappa shape index (κ3) is 8.61. The Labute approximate surface area is 154 Å². The van der Waals surface area contributed by atoms with Gasteiger partial charge >= 0.3 is 5.97 Å². The number of carbonyl (C=O) groups excluding carboxylic acids is 1. The van der Waals surface area contributed by atoms with Gasteiger partial charge in [-0.25, -0.2) is 13.6 Å². The molecule has 1 aromatic rings. The molecular weight excluding hydrogens is 342 g/mol. The van der Waals surface area contributed by atoms with Crippen LogP contribution in [0.4, 0.5) is 8.78 Å². The van der Waals surface area contributed by atoms with Crippen LogP contribution < -0.4 is 4.74 Å². The molecule has 0 amide bonds. The SMILES string of the molecule is CCCCCCCCCCOCOc1ccc(C(=O)OC)c(C(F)F)c1. The summed E-state index contributed by atoms with van der Waals surface area (Å²) in [4.78, 5) is 11.5. The molecule has 0 bridgehead atoms. The molecular formula is C20H30F2O4. The molecule has 0 aliphatic heterocycles. The van der Waals surface area contributed by atoms with E-state index in [4.69, 9.17) is 9.47 Å². The number of alkyl halides is 2. The van der Waals surface area contributed by atoms with Crippen LogP contribution in [-0.4, -0.2) is 26.5 Å². The summed E-state index contributed by atoms with van der Waals surface area (Å²) in [6.07, 6.45) is 6.95. The Kier molecular flexibility index (Phi) is 11.6. The van der Waals surface area contributed by atoms with Gasteiger partial charge in [-0.3, -0.25) is 0 Å². The van der Waals surface area contributed by atoms with E-state index in [9.17, 15) is 13.6 Å². The molecule has 0 atom stereocenters. The lowest BCUT2D eigenvalue weighted by molar-refractivity contribution is 0.0132. The third-order valence-corrected chi connectivity index (χ3v) is 4.11. The van der Waals surface area contributed by atoms with Crippen LogP contribution in [0.15, 0.2) is 18.2 Å². The van der Waals surface area contributed by atoms with Gasteiger partial charge in [0, 0.05) is 5.56 Å². The fourth-order valence-electron chi connectivity index (χ4n) is 2.61. The number of ether oxygens (including phenoxy) is 3. The summed E-state index contributed by atoms with van der Waals surface area (Å²) in [6.45, 7) is 2.79. The highest BCUT2D eigenvalue weighted by Gasteiger charge is 2.19. The normalized spacial score (nSPS) is 11.0. The van der Waals surface area contributed by atoms with Gasteiger partial charge in [0.15, 0.2) is 6.79 Å². The fourth-order valence-corrected chi connectivity index (χ4v) is 2.61. The van der Waals surface area contributed by atoms with Crippen molar-refractivity contribution in [2.75, 3.05) is 20.5 Å². The molecule has 6 heteroatoms. The molecule has 0 fully saturated rings. The predicted molar refractivity (Wildman–Crippen MR) is 96.8 cm³/mol. The number of halogens is 2. The molecule has 0 spiro atoms. The second-order valence-electron chi connectivity index (χ2n) is 6.19. The van der Waals surface area contributed by atoms with E-state index in [1.807, 2.05) is 0 Å². The lowest BCUT2D eigenvalue weighted by Gasteiger charge is -2.11. The Bertz CT molecular complexity index is 521. The molecule has 0 aliphatic rings. The van der Waals surface area contributed by atoms with E-state index in [-0.39, 0.29) is 18.1 Å². The summed E-state index contributed by atoms with van der Waals surface area (Å²) in [5.74, 6) is -0.554. The van der Waals surface area contributed by atoms with Gasteiger partial charge in [-0.2, -0.15) is 0 Å². The van der Waals surface area contributed by atoms with Crippen molar-refractivity contribution < 1.29 is 27.8 Å². The van der Waals surface area contributed by atoms with E-state index in [0.29, 0.717) is 6.61 Å². The van der Waals surface area contributed by atoms with E-state index >= 15 is 0 Å². The highest BCUT2D eigenvalue weighted by molar-refractivity contribution is 5.91. The smallest absolute Gasteiger partial charge is 0.338 e. The lowest BCUT2D eigenvalue weighted by Crippen LogP contribution is -2.08. The van der Waals surface area contributed by atoms with Crippen molar-refractivity contribution in [1.29, 1.82) is 0 Å². The number of unbranched alkanes of at least 4 members (excludes halogenated alkanes) is 7. The summed E-state index contributed by atoms with van der Waals surface area (Å²) in [7, 11) is 1.15. The van der Waals surface area contributed by atoms with E-state index in [0.717, 1.165) is 26.0 Å². The van der Waals surface area contributed by atoms with Gasteiger partial charge in [0.2, 0.25) is 0 Å². The minimum Gasteiger partial charge on any atom is -0.468 e. The molecule has 0 saturated heterocycles. The number of benzene rings is 1. The molecule has 0 saturated carbocycles. The number of hydrogen-bond donors (Lipinski definition) is 0. The highest BCUT2D eigenvalue weighted by Crippen LogP contribution is 2.27. The van der Waals surface area contributed by atoms with Crippen molar-refractivity contribution in [2.45, 2.75) is 64.7 Å². The second-order valence-corrected chi connectivity index (χ2v) is 6.19. The molecule has 1 aromatic carbocycles. The summed E-state index contributed by atoms with van der Waals surface area (Å²) in [5, 5.41) is 0. The van der Waals surface area contributed by atoms with Crippen LogP contribution in [-0.2, 0) is 9.47 Å². The second kappa shape index (κ2) is 13.5. The van der Waals surface area contributed by atoms with Crippen molar-refractivity contribution in [3.8, 4) is 5.75 Å². The molecule has 0 N–H and O–H groups in total. The number of hydrogen-bond acceptors (Lipinski definition) is 4. The zero-order valence-electron chi connectivity index (χ0n) is 15.8. The molecule has 0 aromatic heterocycles. The molecule has 26 heavy (non-hydrogen) atoms. The van der Waals surface area contributed by atoms with Gasteiger partial charge in [0.1, 0.15) is 5.75 Å². The van der Waals surface area contributed by atoms with Gasteiger partial charge in [-0.05, 0) is 24.6 Å². The fraction of sp³-hybridized carbons (Fsp3) is 0.650. The number of methoxy groups -OCH3 is 1. The molecule has 0 aliphatic carbocycles. The minimum atomic E-state index is -2.79. The Balaban J connectivity index is 2.23. The van der Waals surface area contributed by atoms with Crippen LogP contribution in [0.25, 0.3) is 0 Å². The van der Waals surface area contributed by atoms with Crippen LogP contribution in [0.1, 0.15) is 80.6 Å². The Morgan fingerprint density at radius 3 is 2.31 bits per heavy atom. The van der Waals surface area contributed by atoms with Crippen LogP contribution in [0.3, 0.4) is 0 Å². The van der Waals surface area contributed by atoms with Crippen molar-refractivity contribution in [1.82, 2.24) is 0 Å². The first-order valence-corrected chi connectivity index (χ1v) is 9.31. The first kappa shape index (κ1) is 22.4. The van der Waals surface area contributed by atoms with Crippen LogP contribution in [0.5, 0.6) is 5.75 Å². The molecule has 148 valence electrons. The topological polar surface area (TPSA) is 44.8 Å². The lowest BCUT2D eigenvalue weighted by atomic mass is 10.1. The number of carbonyl (C=O) groups is 1. The standard InChI is InChI=1S/C20H30F2O4/c1-3-4-5-6-7-8-9-10-13-25-15-26-16-11-12-17(20(23)24-2)18(14-16)19(21)22/h11-12,14,19H,3-10,13,15H2,1-2H3. The quantitative estimate of drug-likeness (QED) is 0.231. The average Bonchev–Trinajstić information content (AvgIpc) is 2.65. The molecule has 4 nitrogen and oxygen atoms in total. The van der Waals surface area contributed by atoms with Gasteiger partial charge in [0.05, 0.1) is 19.3 Å². The van der Waals surface area contributed by atoms with E-state index in [2.05, 4.69) is 11.7 Å². The van der Waals surface area contributed by atoms with Crippen molar-refractivity contribution in [3.63, 3.8) is 0 Å². The first-order chi connectivity index (χ1) is 12.6. The third-order valence-electron chi connectivity index (χ3n) is 4.11. The van der Waals surface area contributed by atoms with Crippen LogP contribution in [0, 0.1) is 0 Å². The molecule has 0 heterocycles. The van der Waals surface area contributed by atoms with Crippen molar-refractivity contribution in [2.24, 2.45) is 0 Å². The highest BCUT2D eigenvalue weighted by atomic mass is 19.3. The van der Waals surface area contributed by atoms with Gasteiger partial charge < -0.3 is 14.2 Å². The summed E-state index contributed by atoms with van der Waals surface area (Å²) < 4.78 is 41.3. The number of rotatable bonds is 14. The largest absolute Gasteiger partial charge is 0.468 e. The van der Waals surface area contributed by atoms with E-state index in [1.165, 1.54) is 50.7 Å². The summed E-state index contributed by atoms with van der Waals surface area (Å²) in [5.41, 5.74) is -0.563. The monoisotopic (exact) mass is 372 g/mol. The molecule has 0 radical (unpaired) electrons. The van der Waals surface area contributed by atoms with Gasteiger partial charge in [-0.1, -0.05) is 51.9 Å². The van der Waals surface area contributed by atoms with Gasteiger partial charge in [0.25, 0.3) is 6.43 Å². The van der Waals surface area contributed by atoms with Gasteiger partial charge in [-0.15, -0.1) is 0 Å². The number of esters is 1. The summed E-state index contributed by atoms with van der Waals surface area (Å²) in [6, 6.07) is 3.88. The average molecular weight is 372 g/mol. The van der Waals surface area contributed by atoms with E-state index in [1.54, 1.807) is 0 Å². The van der Waals surface area contributed by atoms with E-state index < -0.39 is 18.0 Å². The maximum Gasteiger partial charge on any atom is 0.338 e. The van der Waals surface area contributed by atoms with Crippen molar-refractivity contribution >= 4 is 5.97 Å². The molecule has 0 unspecified atom stereocenters. The zero-order valence-corrected chi connectivity index (χ0v) is 15.8. The maximum absolute atomic E-state index is 13.1. The minimum absolute atomic E-state index is 0.00323. The summed E-state index contributed by atoms with van der Waals surface area (Å²) >= 11 is 0. The Hall–Kier alpha value is -1.69. The maximum atomic E-state index is 13.1. The van der Waals surface area contributed by atoms with Crippen molar-refractivity contribution in [3.05, 3.63) is 29.3 Å². The molecule has 1 rings (SSSR count). The Morgan fingerprint density at radius 1 is 1.04 bits per heavy atom. The van der Waals surface area contributed by atoms with Crippen LogP contribution in [0.2, 0.25) is 0 Å². The predicted octanol–water partition coefficient (Wildman–Crippen LogP) is 5.90. The Morgan fingerprint density at radius 2 is 1.69 bits per heavy atom.